The van der Waals surface area contributed by atoms with Gasteiger partial charge in [0.1, 0.15) is 5.82 Å². The van der Waals surface area contributed by atoms with E-state index in [-0.39, 0.29) is 0 Å². The van der Waals surface area contributed by atoms with Crippen LogP contribution in [0.2, 0.25) is 0 Å². The molecule has 1 fully saturated rings. The lowest BCUT2D eigenvalue weighted by Crippen LogP contribution is -2.21. The van der Waals surface area contributed by atoms with E-state index < -0.39 is 0 Å². The van der Waals surface area contributed by atoms with Crippen molar-refractivity contribution in [3.8, 4) is 0 Å². The number of nitrogens with zero attached hydrogens (tertiary/aromatic N) is 2. The molecule has 0 amide bonds. The van der Waals surface area contributed by atoms with Crippen LogP contribution in [-0.4, -0.2) is 29.0 Å². The highest BCUT2D eigenvalue weighted by Gasteiger charge is 2.18. The number of anilines is 2. The Morgan fingerprint density at radius 1 is 1.59 bits per heavy atom. The van der Waals surface area contributed by atoms with Gasteiger partial charge in [0.2, 0.25) is 0 Å². The van der Waals surface area contributed by atoms with Gasteiger partial charge >= 0.3 is 0 Å². The van der Waals surface area contributed by atoms with E-state index in [0.29, 0.717) is 12.1 Å². The SMILES string of the molecule is Cc1nn(C(C)C)c(NCC2CCCO2)c1N. The molecule has 1 saturated heterocycles. The van der Waals surface area contributed by atoms with E-state index >= 15 is 0 Å². The first-order chi connectivity index (χ1) is 8.09. The first-order valence-electron chi connectivity index (χ1n) is 6.29. The van der Waals surface area contributed by atoms with Crippen molar-refractivity contribution in [1.82, 2.24) is 9.78 Å². The fourth-order valence-electron chi connectivity index (χ4n) is 2.13. The molecule has 0 bridgehead atoms. The Balaban J connectivity index is 2.07. The molecule has 2 rings (SSSR count). The quantitative estimate of drug-likeness (QED) is 0.841. The van der Waals surface area contributed by atoms with Crippen LogP contribution in [0.1, 0.15) is 38.4 Å². The number of nitrogen functional groups attached to an aromatic ring is 1. The molecule has 96 valence electrons. The predicted octanol–water partition coefficient (Wildman–Crippen LogP) is 1.95. The van der Waals surface area contributed by atoms with Gasteiger partial charge in [-0.15, -0.1) is 0 Å². The molecule has 1 aliphatic heterocycles. The maximum absolute atomic E-state index is 6.04. The normalized spacial score (nSPS) is 20.1. The predicted molar refractivity (Wildman–Crippen MR) is 69.2 cm³/mol. The van der Waals surface area contributed by atoms with Gasteiger partial charge in [0, 0.05) is 19.2 Å². The summed E-state index contributed by atoms with van der Waals surface area (Å²) in [6.45, 7) is 7.82. The summed E-state index contributed by atoms with van der Waals surface area (Å²) in [6, 6.07) is 0.304. The number of aryl methyl sites for hydroxylation is 1. The zero-order valence-corrected chi connectivity index (χ0v) is 10.9. The number of aromatic nitrogens is 2. The van der Waals surface area contributed by atoms with Gasteiger partial charge in [0.15, 0.2) is 0 Å². The molecule has 17 heavy (non-hydrogen) atoms. The van der Waals surface area contributed by atoms with Crippen molar-refractivity contribution in [3.63, 3.8) is 0 Å². The number of hydrogen-bond donors (Lipinski definition) is 2. The van der Waals surface area contributed by atoms with Crippen molar-refractivity contribution in [2.45, 2.75) is 45.8 Å². The minimum absolute atomic E-state index is 0.304. The van der Waals surface area contributed by atoms with E-state index in [4.69, 9.17) is 10.5 Å². The molecular weight excluding hydrogens is 216 g/mol. The second kappa shape index (κ2) is 4.96. The largest absolute Gasteiger partial charge is 0.394 e. The van der Waals surface area contributed by atoms with Gasteiger partial charge in [-0.25, -0.2) is 4.68 Å². The van der Waals surface area contributed by atoms with Crippen molar-refractivity contribution in [1.29, 1.82) is 0 Å². The number of rotatable bonds is 4. The van der Waals surface area contributed by atoms with Crippen LogP contribution in [0.4, 0.5) is 11.5 Å². The Morgan fingerprint density at radius 3 is 2.94 bits per heavy atom. The van der Waals surface area contributed by atoms with Crippen molar-refractivity contribution in [3.05, 3.63) is 5.69 Å². The fourth-order valence-corrected chi connectivity index (χ4v) is 2.13. The van der Waals surface area contributed by atoms with Gasteiger partial charge in [-0.3, -0.25) is 0 Å². The smallest absolute Gasteiger partial charge is 0.148 e. The lowest BCUT2D eigenvalue weighted by atomic mass is 10.2. The Labute approximate surface area is 102 Å². The summed E-state index contributed by atoms with van der Waals surface area (Å²) in [4.78, 5) is 0. The molecule has 1 atom stereocenters. The van der Waals surface area contributed by atoms with Crippen molar-refractivity contribution >= 4 is 11.5 Å². The summed E-state index contributed by atoms with van der Waals surface area (Å²) in [5.41, 5.74) is 7.67. The van der Waals surface area contributed by atoms with Gasteiger partial charge in [-0.2, -0.15) is 5.10 Å². The molecule has 1 aromatic rings. The van der Waals surface area contributed by atoms with E-state index in [9.17, 15) is 0 Å². The summed E-state index contributed by atoms with van der Waals surface area (Å²) in [7, 11) is 0. The van der Waals surface area contributed by atoms with Crippen LogP contribution in [-0.2, 0) is 4.74 Å². The van der Waals surface area contributed by atoms with E-state index in [1.165, 1.54) is 0 Å². The minimum Gasteiger partial charge on any atom is -0.394 e. The van der Waals surface area contributed by atoms with E-state index in [2.05, 4.69) is 24.3 Å². The number of nitrogens with two attached hydrogens (primary N) is 1. The average Bonchev–Trinajstić information content (AvgIpc) is 2.87. The van der Waals surface area contributed by atoms with Gasteiger partial charge in [0.25, 0.3) is 0 Å². The van der Waals surface area contributed by atoms with Crippen LogP contribution >= 0.6 is 0 Å². The molecule has 1 unspecified atom stereocenters. The van der Waals surface area contributed by atoms with E-state index in [1.54, 1.807) is 0 Å². The molecule has 1 aliphatic rings. The molecule has 2 heterocycles. The summed E-state index contributed by atoms with van der Waals surface area (Å²) in [5.74, 6) is 0.924. The standard InChI is InChI=1S/C12H22N4O/c1-8(2)16-12(11(13)9(3)15-16)14-7-10-5-4-6-17-10/h8,10,14H,4-7,13H2,1-3H3. The van der Waals surface area contributed by atoms with Gasteiger partial charge < -0.3 is 15.8 Å². The zero-order chi connectivity index (χ0) is 12.4. The molecule has 0 saturated carbocycles. The van der Waals surface area contributed by atoms with Crippen LogP contribution in [0.15, 0.2) is 0 Å². The van der Waals surface area contributed by atoms with Crippen LogP contribution in [0.25, 0.3) is 0 Å². The molecule has 0 aromatic carbocycles. The summed E-state index contributed by atoms with van der Waals surface area (Å²) < 4.78 is 7.53. The maximum atomic E-state index is 6.04. The molecule has 3 N–H and O–H groups in total. The number of nitrogens with one attached hydrogen (secondary N) is 1. The van der Waals surface area contributed by atoms with E-state index in [1.807, 2.05) is 11.6 Å². The molecule has 1 aromatic heterocycles. The van der Waals surface area contributed by atoms with Crippen molar-refractivity contribution < 1.29 is 4.74 Å². The van der Waals surface area contributed by atoms with Crippen LogP contribution in [0, 0.1) is 6.92 Å². The van der Waals surface area contributed by atoms with Crippen LogP contribution < -0.4 is 11.1 Å². The summed E-state index contributed by atoms with van der Waals surface area (Å²) in [6.07, 6.45) is 2.59. The second-order valence-corrected chi connectivity index (χ2v) is 4.90. The Kier molecular flexibility index (Phi) is 3.57. The third-order valence-corrected chi connectivity index (χ3v) is 3.14. The van der Waals surface area contributed by atoms with Gasteiger partial charge in [-0.1, -0.05) is 0 Å². The third-order valence-electron chi connectivity index (χ3n) is 3.14. The average molecular weight is 238 g/mol. The molecule has 5 nitrogen and oxygen atoms in total. The summed E-state index contributed by atoms with van der Waals surface area (Å²) >= 11 is 0. The zero-order valence-electron chi connectivity index (χ0n) is 10.9. The first kappa shape index (κ1) is 12.2. The van der Waals surface area contributed by atoms with Gasteiger partial charge in [0.05, 0.1) is 17.5 Å². The Hall–Kier alpha value is -1.23. The Morgan fingerprint density at radius 2 is 2.35 bits per heavy atom. The third kappa shape index (κ3) is 2.54. The number of ether oxygens (including phenoxy) is 1. The fraction of sp³-hybridized carbons (Fsp3) is 0.750. The molecule has 5 heteroatoms. The Bertz CT molecular complexity index is 380. The highest BCUT2D eigenvalue weighted by molar-refractivity contribution is 5.64. The van der Waals surface area contributed by atoms with E-state index in [0.717, 1.165) is 43.2 Å². The van der Waals surface area contributed by atoms with Gasteiger partial charge in [-0.05, 0) is 33.6 Å². The highest BCUT2D eigenvalue weighted by atomic mass is 16.5. The monoisotopic (exact) mass is 238 g/mol. The molecular formula is C12H22N4O. The topological polar surface area (TPSA) is 65.1 Å². The van der Waals surface area contributed by atoms with Crippen molar-refractivity contribution in [2.75, 3.05) is 24.2 Å². The molecule has 0 radical (unpaired) electrons. The lowest BCUT2D eigenvalue weighted by Gasteiger charge is -2.15. The highest BCUT2D eigenvalue weighted by Crippen LogP contribution is 2.26. The summed E-state index contributed by atoms with van der Waals surface area (Å²) in [5, 5.41) is 7.82. The first-order valence-corrected chi connectivity index (χ1v) is 6.29. The van der Waals surface area contributed by atoms with Crippen LogP contribution in [0.5, 0.6) is 0 Å². The minimum atomic E-state index is 0.304. The lowest BCUT2D eigenvalue weighted by molar-refractivity contribution is 0.120. The molecule has 0 aliphatic carbocycles. The van der Waals surface area contributed by atoms with Crippen molar-refractivity contribution in [2.24, 2.45) is 0 Å². The second-order valence-electron chi connectivity index (χ2n) is 4.90. The van der Waals surface area contributed by atoms with Crippen LogP contribution in [0.3, 0.4) is 0 Å². The maximum Gasteiger partial charge on any atom is 0.148 e. The number of hydrogen-bond acceptors (Lipinski definition) is 4. The molecule has 0 spiro atoms.